The summed E-state index contributed by atoms with van der Waals surface area (Å²) in [5.74, 6) is 0.148. The number of para-hydroxylation sites is 1. The maximum atomic E-state index is 12.3. The number of ether oxygens (including phenoxy) is 1. The van der Waals surface area contributed by atoms with Crippen LogP contribution in [-0.4, -0.2) is 25.0 Å². The van der Waals surface area contributed by atoms with Crippen molar-refractivity contribution in [1.29, 1.82) is 0 Å². The van der Waals surface area contributed by atoms with Crippen molar-refractivity contribution in [2.45, 2.75) is 33.6 Å². The van der Waals surface area contributed by atoms with Gasteiger partial charge >= 0.3 is 0 Å². The molecule has 0 aromatic heterocycles. The first-order chi connectivity index (χ1) is 12.5. The summed E-state index contributed by atoms with van der Waals surface area (Å²) in [4.78, 5) is 24.5. The largest absolute Gasteiger partial charge is 0.484 e. The molecule has 5 nitrogen and oxygen atoms in total. The van der Waals surface area contributed by atoms with Crippen LogP contribution < -0.4 is 15.4 Å². The molecule has 0 bridgehead atoms. The van der Waals surface area contributed by atoms with Crippen molar-refractivity contribution < 1.29 is 14.3 Å². The molecule has 2 aromatic carbocycles. The molecule has 0 heterocycles. The van der Waals surface area contributed by atoms with Gasteiger partial charge in [0.2, 0.25) is 0 Å². The van der Waals surface area contributed by atoms with Gasteiger partial charge in [-0.15, -0.1) is 0 Å². The zero-order chi connectivity index (χ0) is 18.9. The molecule has 0 atom stereocenters. The van der Waals surface area contributed by atoms with Crippen LogP contribution in [0.2, 0.25) is 0 Å². The van der Waals surface area contributed by atoms with E-state index in [1.54, 1.807) is 24.3 Å². The van der Waals surface area contributed by atoms with Gasteiger partial charge in [0, 0.05) is 6.54 Å². The van der Waals surface area contributed by atoms with E-state index in [1.165, 1.54) is 5.56 Å². The fourth-order valence-corrected chi connectivity index (χ4v) is 2.40. The smallest absolute Gasteiger partial charge is 0.262 e. The number of benzene rings is 2. The molecule has 5 heteroatoms. The van der Waals surface area contributed by atoms with Crippen LogP contribution in [0.3, 0.4) is 0 Å². The average Bonchev–Trinajstić information content (AvgIpc) is 2.63. The third-order valence-corrected chi connectivity index (χ3v) is 4.11. The van der Waals surface area contributed by atoms with Gasteiger partial charge in [0.05, 0.1) is 11.3 Å². The zero-order valence-electron chi connectivity index (χ0n) is 15.6. The van der Waals surface area contributed by atoms with Gasteiger partial charge in [-0.3, -0.25) is 9.59 Å². The van der Waals surface area contributed by atoms with Gasteiger partial charge in [0.15, 0.2) is 6.61 Å². The second-order valence-electron chi connectivity index (χ2n) is 6.24. The van der Waals surface area contributed by atoms with E-state index in [-0.39, 0.29) is 18.4 Å². The highest BCUT2D eigenvalue weighted by atomic mass is 16.5. The normalized spacial score (nSPS) is 10.3. The van der Waals surface area contributed by atoms with Gasteiger partial charge in [0.1, 0.15) is 5.75 Å². The van der Waals surface area contributed by atoms with Crippen molar-refractivity contribution in [3.63, 3.8) is 0 Å². The number of nitrogens with one attached hydrogen (secondary N) is 2. The number of hydrogen-bond acceptors (Lipinski definition) is 3. The summed E-state index contributed by atoms with van der Waals surface area (Å²) < 4.78 is 5.54. The number of unbranched alkanes of at least 4 members (excludes halogenated alkanes) is 1. The Labute approximate surface area is 154 Å². The fourth-order valence-electron chi connectivity index (χ4n) is 2.40. The van der Waals surface area contributed by atoms with E-state index in [2.05, 4.69) is 17.6 Å². The Morgan fingerprint density at radius 3 is 2.54 bits per heavy atom. The van der Waals surface area contributed by atoms with Crippen LogP contribution >= 0.6 is 0 Å². The lowest BCUT2D eigenvalue weighted by atomic mass is 10.1. The molecule has 2 aromatic rings. The highest BCUT2D eigenvalue weighted by molar-refractivity contribution is 6.04. The molecule has 2 N–H and O–H groups in total. The maximum absolute atomic E-state index is 12.3. The minimum absolute atomic E-state index is 0.117. The summed E-state index contributed by atoms with van der Waals surface area (Å²) in [5.41, 5.74) is 3.21. The van der Waals surface area contributed by atoms with Crippen molar-refractivity contribution >= 4 is 17.5 Å². The SMILES string of the molecule is CCCCNC(=O)c1ccccc1NC(=O)COc1ccc(C)c(C)c1. The van der Waals surface area contributed by atoms with Gasteiger partial charge in [-0.25, -0.2) is 0 Å². The zero-order valence-corrected chi connectivity index (χ0v) is 15.6. The number of hydrogen-bond donors (Lipinski definition) is 2. The first-order valence-corrected chi connectivity index (χ1v) is 8.88. The van der Waals surface area contributed by atoms with Crippen molar-refractivity contribution in [3.8, 4) is 5.75 Å². The summed E-state index contributed by atoms with van der Waals surface area (Å²) in [6.45, 7) is 6.58. The Balaban J connectivity index is 1.96. The second-order valence-corrected chi connectivity index (χ2v) is 6.24. The van der Waals surface area contributed by atoms with E-state index in [0.29, 0.717) is 23.5 Å². The number of rotatable bonds is 8. The van der Waals surface area contributed by atoms with E-state index in [4.69, 9.17) is 4.74 Å². The Hall–Kier alpha value is -2.82. The Morgan fingerprint density at radius 2 is 1.81 bits per heavy atom. The van der Waals surface area contributed by atoms with Crippen molar-refractivity contribution in [2.75, 3.05) is 18.5 Å². The van der Waals surface area contributed by atoms with Crippen molar-refractivity contribution in [1.82, 2.24) is 5.32 Å². The number of anilines is 1. The van der Waals surface area contributed by atoms with Gasteiger partial charge in [-0.2, -0.15) is 0 Å². The van der Waals surface area contributed by atoms with Crippen LogP contribution in [0.25, 0.3) is 0 Å². The molecule has 0 aliphatic heterocycles. The predicted molar refractivity (Wildman–Crippen MR) is 104 cm³/mol. The molecule has 0 fully saturated rings. The second kappa shape index (κ2) is 9.61. The molecule has 26 heavy (non-hydrogen) atoms. The lowest BCUT2D eigenvalue weighted by Crippen LogP contribution is -2.27. The predicted octanol–water partition coefficient (Wildman–Crippen LogP) is 3.85. The molecule has 0 unspecified atom stereocenters. The van der Waals surface area contributed by atoms with Gasteiger partial charge in [-0.05, 0) is 55.7 Å². The molecule has 0 radical (unpaired) electrons. The average molecular weight is 354 g/mol. The minimum Gasteiger partial charge on any atom is -0.484 e. The number of carbonyl (C=O) groups is 2. The van der Waals surface area contributed by atoms with Crippen LogP contribution in [0.15, 0.2) is 42.5 Å². The van der Waals surface area contributed by atoms with Crippen LogP contribution in [-0.2, 0) is 4.79 Å². The quantitative estimate of drug-likeness (QED) is 0.708. The standard InChI is InChI=1S/C21H26N2O3/c1-4-5-12-22-21(25)18-8-6-7-9-19(18)23-20(24)14-26-17-11-10-15(2)16(3)13-17/h6-11,13H,4-5,12,14H2,1-3H3,(H,22,25)(H,23,24). The van der Waals surface area contributed by atoms with Crippen LogP contribution in [0.5, 0.6) is 5.75 Å². The van der Waals surface area contributed by atoms with Gasteiger partial charge in [-0.1, -0.05) is 31.5 Å². The van der Waals surface area contributed by atoms with Crippen LogP contribution in [0.4, 0.5) is 5.69 Å². The monoisotopic (exact) mass is 354 g/mol. The first-order valence-electron chi connectivity index (χ1n) is 8.88. The van der Waals surface area contributed by atoms with Gasteiger partial charge < -0.3 is 15.4 Å². The Bertz CT molecular complexity index is 772. The highest BCUT2D eigenvalue weighted by Gasteiger charge is 2.13. The molecule has 2 amide bonds. The summed E-state index contributed by atoms with van der Waals surface area (Å²) >= 11 is 0. The lowest BCUT2D eigenvalue weighted by Gasteiger charge is -2.12. The topological polar surface area (TPSA) is 67.4 Å². The molecular weight excluding hydrogens is 328 g/mol. The van der Waals surface area contributed by atoms with Crippen LogP contribution in [0, 0.1) is 13.8 Å². The summed E-state index contributed by atoms with van der Waals surface area (Å²) in [7, 11) is 0. The summed E-state index contributed by atoms with van der Waals surface area (Å²) in [6.07, 6.45) is 1.93. The molecule has 2 rings (SSSR count). The first kappa shape index (κ1) is 19.5. The summed E-state index contributed by atoms with van der Waals surface area (Å²) in [5, 5.41) is 5.61. The minimum atomic E-state index is -0.308. The Kier molecular flexibility index (Phi) is 7.21. The molecule has 0 saturated carbocycles. The summed E-state index contributed by atoms with van der Waals surface area (Å²) in [6, 6.07) is 12.7. The molecule has 0 spiro atoms. The van der Waals surface area contributed by atoms with E-state index >= 15 is 0 Å². The Morgan fingerprint density at radius 1 is 1.04 bits per heavy atom. The van der Waals surface area contributed by atoms with Crippen molar-refractivity contribution in [3.05, 3.63) is 59.2 Å². The van der Waals surface area contributed by atoms with E-state index in [9.17, 15) is 9.59 Å². The molecule has 0 aliphatic rings. The number of carbonyl (C=O) groups excluding carboxylic acids is 2. The highest BCUT2D eigenvalue weighted by Crippen LogP contribution is 2.17. The number of aryl methyl sites for hydroxylation is 2. The lowest BCUT2D eigenvalue weighted by molar-refractivity contribution is -0.118. The maximum Gasteiger partial charge on any atom is 0.262 e. The third kappa shape index (κ3) is 5.62. The van der Waals surface area contributed by atoms with E-state index in [0.717, 1.165) is 18.4 Å². The molecule has 138 valence electrons. The van der Waals surface area contributed by atoms with E-state index in [1.807, 2.05) is 32.0 Å². The molecule has 0 saturated heterocycles. The molecule has 0 aliphatic carbocycles. The van der Waals surface area contributed by atoms with Crippen LogP contribution in [0.1, 0.15) is 41.3 Å². The van der Waals surface area contributed by atoms with E-state index < -0.39 is 0 Å². The van der Waals surface area contributed by atoms with Gasteiger partial charge in [0.25, 0.3) is 11.8 Å². The molecular formula is C21H26N2O3. The fraction of sp³-hybridized carbons (Fsp3) is 0.333. The van der Waals surface area contributed by atoms with Crippen molar-refractivity contribution in [2.24, 2.45) is 0 Å². The third-order valence-electron chi connectivity index (χ3n) is 4.11. The number of amides is 2.